The van der Waals surface area contributed by atoms with Crippen molar-refractivity contribution in [1.29, 1.82) is 0 Å². The lowest BCUT2D eigenvalue weighted by molar-refractivity contribution is -0.141. The van der Waals surface area contributed by atoms with Gasteiger partial charge in [-0.25, -0.2) is 0 Å². The molecule has 1 atom stereocenters. The zero-order valence-electron chi connectivity index (χ0n) is 10.6. The number of carbonyl (C=O) groups excluding carboxylic acids is 2. The zero-order chi connectivity index (χ0) is 12.4. The molecule has 1 fully saturated rings. The van der Waals surface area contributed by atoms with Gasteiger partial charge in [0.25, 0.3) is 5.91 Å². The molecule has 1 rings (SSSR count). The summed E-state index contributed by atoms with van der Waals surface area (Å²) >= 11 is 0. The molecule has 0 bridgehead atoms. The Bertz CT molecular complexity index is 285. The van der Waals surface area contributed by atoms with E-state index >= 15 is 0 Å². The Labute approximate surface area is 96.7 Å². The minimum absolute atomic E-state index is 0.0300. The Morgan fingerprint density at radius 3 is 2.44 bits per heavy atom. The van der Waals surface area contributed by atoms with Gasteiger partial charge < -0.3 is 10.1 Å². The molecule has 4 heteroatoms. The molecule has 0 aromatic rings. The van der Waals surface area contributed by atoms with Crippen molar-refractivity contribution >= 4 is 11.7 Å². The highest BCUT2D eigenvalue weighted by atomic mass is 16.5. The predicted molar refractivity (Wildman–Crippen MR) is 61.1 cm³/mol. The van der Waals surface area contributed by atoms with Crippen LogP contribution in [0.15, 0.2) is 0 Å². The first-order valence-electron chi connectivity index (χ1n) is 5.71. The highest BCUT2D eigenvalue weighted by Gasteiger charge is 2.38. The van der Waals surface area contributed by atoms with Crippen LogP contribution in [-0.4, -0.2) is 30.4 Å². The zero-order valence-corrected chi connectivity index (χ0v) is 10.6. The van der Waals surface area contributed by atoms with E-state index in [1.807, 2.05) is 20.8 Å². The van der Waals surface area contributed by atoms with E-state index in [0.717, 1.165) is 12.8 Å². The standard InChI is InChI=1S/C12H21NO3/c1-11(2,3)9(14)8-13-10(15)12(4)6-5-7-16-12/h5-8H2,1-4H3,(H,13,15). The van der Waals surface area contributed by atoms with Crippen LogP contribution in [0.25, 0.3) is 0 Å². The van der Waals surface area contributed by atoms with E-state index in [4.69, 9.17) is 4.74 Å². The van der Waals surface area contributed by atoms with E-state index < -0.39 is 11.0 Å². The van der Waals surface area contributed by atoms with E-state index in [-0.39, 0.29) is 18.2 Å². The molecule has 1 aliphatic rings. The SMILES string of the molecule is CC(C)(C)C(=O)CNC(=O)C1(C)CCCO1. The quantitative estimate of drug-likeness (QED) is 0.790. The second-order valence-electron chi connectivity index (χ2n) is 5.54. The fourth-order valence-corrected chi connectivity index (χ4v) is 1.57. The maximum Gasteiger partial charge on any atom is 0.252 e. The van der Waals surface area contributed by atoms with Crippen LogP contribution in [0.4, 0.5) is 0 Å². The molecule has 1 N–H and O–H groups in total. The first-order valence-corrected chi connectivity index (χ1v) is 5.71. The van der Waals surface area contributed by atoms with Crippen molar-refractivity contribution in [2.75, 3.05) is 13.2 Å². The summed E-state index contributed by atoms with van der Waals surface area (Å²) in [5.41, 5.74) is -1.15. The van der Waals surface area contributed by atoms with Crippen LogP contribution < -0.4 is 5.32 Å². The molecule has 92 valence electrons. The van der Waals surface area contributed by atoms with Crippen molar-refractivity contribution in [1.82, 2.24) is 5.32 Å². The Kier molecular flexibility index (Phi) is 3.73. The number of rotatable bonds is 3. The summed E-state index contributed by atoms with van der Waals surface area (Å²) in [7, 11) is 0. The van der Waals surface area contributed by atoms with E-state index in [1.54, 1.807) is 6.92 Å². The Morgan fingerprint density at radius 1 is 1.38 bits per heavy atom. The normalized spacial score (nSPS) is 25.5. The number of hydrogen-bond donors (Lipinski definition) is 1. The van der Waals surface area contributed by atoms with Crippen molar-refractivity contribution in [2.24, 2.45) is 5.41 Å². The van der Waals surface area contributed by atoms with Gasteiger partial charge in [-0.05, 0) is 19.8 Å². The third kappa shape index (κ3) is 3.04. The molecular formula is C12H21NO3. The molecular weight excluding hydrogens is 206 g/mol. The van der Waals surface area contributed by atoms with Gasteiger partial charge >= 0.3 is 0 Å². The van der Waals surface area contributed by atoms with Crippen LogP contribution in [0, 0.1) is 5.41 Å². The van der Waals surface area contributed by atoms with E-state index in [9.17, 15) is 9.59 Å². The van der Waals surface area contributed by atoms with Gasteiger partial charge in [-0.1, -0.05) is 20.8 Å². The summed E-state index contributed by atoms with van der Waals surface area (Å²) in [6.07, 6.45) is 1.62. The highest BCUT2D eigenvalue weighted by molar-refractivity contribution is 5.92. The van der Waals surface area contributed by atoms with Crippen LogP contribution >= 0.6 is 0 Å². The fraction of sp³-hybridized carbons (Fsp3) is 0.833. The first kappa shape index (κ1) is 13.2. The van der Waals surface area contributed by atoms with Gasteiger partial charge in [0, 0.05) is 12.0 Å². The summed E-state index contributed by atoms with van der Waals surface area (Å²) in [6.45, 7) is 8.01. The molecule has 0 aliphatic carbocycles. The number of ether oxygens (including phenoxy) is 1. The molecule has 1 heterocycles. The lowest BCUT2D eigenvalue weighted by atomic mass is 9.90. The van der Waals surface area contributed by atoms with Gasteiger partial charge in [0.1, 0.15) is 5.60 Å². The van der Waals surface area contributed by atoms with Crippen molar-refractivity contribution in [3.63, 3.8) is 0 Å². The Morgan fingerprint density at radius 2 is 2.00 bits per heavy atom. The molecule has 0 radical (unpaired) electrons. The van der Waals surface area contributed by atoms with E-state index in [0.29, 0.717) is 6.61 Å². The van der Waals surface area contributed by atoms with E-state index in [1.165, 1.54) is 0 Å². The molecule has 1 amide bonds. The van der Waals surface area contributed by atoms with Gasteiger partial charge in [-0.2, -0.15) is 0 Å². The van der Waals surface area contributed by atoms with Gasteiger partial charge in [0.15, 0.2) is 5.78 Å². The molecule has 4 nitrogen and oxygen atoms in total. The molecule has 0 saturated carbocycles. The van der Waals surface area contributed by atoms with Crippen LogP contribution in [0.1, 0.15) is 40.5 Å². The molecule has 1 saturated heterocycles. The number of ketones is 1. The summed E-state index contributed by atoms with van der Waals surface area (Å²) in [5, 5.41) is 2.66. The number of amides is 1. The third-order valence-electron chi connectivity index (χ3n) is 2.95. The smallest absolute Gasteiger partial charge is 0.252 e. The van der Waals surface area contributed by atoms with Crippen molar-refractivity contribution in [3.8, 4) is 0 Å². The highest BCUT2D eigenvalue weighted by Crippen LogP contribution is 2.25. The van der Waals surface area contributed by atoms with Crippen molar-refractivity contribution in [3.05, 3.63) is 0 Å². The van der Waals surface area contributed by atoms with Crippen LogP contribution in [0.5, 0.6) is 0 Å². The second-order valence-corrected chi connectivity index (χ2v) is 5.54. The molecule has 0 spiro atoms. The molecule has 16 heavy (non-hydrogen) atoms. The largest absolute Gasteiger partial charge is 0.365 e. The molecule has 1 aliphatic heterocycles. The lowest BCUT2D eigenvalue weighted by Gasteiger charge is -2.23. The molecule has 1 unspecified atom stereocenters. The van der Waals surface area contributed by atoms with E-state index in [2.05, 4.69) is 5.32 Å². The van der Waals surface area contributed by atoms with Crippen LogP contribution in [-0.2, 0) is 14.3 Å². The molecule has 0 aromatic heterocycles. The Hall–Kier alpha value is -0.900. The van der Waals surface area contributed by atoms with Gasteiger partial charge in [-0.15, -0.1) is 0 Å². The monoisotopic (exact) mass is 227 g/mol. The summed E-state index contributed by atoms with van der Waals surface area (Å²) in [5.74, 6) is -0.148. The second kappa shape index (κ2) is 4.53. The topological polar surface area (TPSA) is 55.4 Å². The van der Waals surface area contributed by atoms with Crippen molar-refractivity contribution in [2.45, 2.75) is 46.1 Å². The average molecular weight is 227 g/mol. The average Bonchev–Trinajstić information content (AvgIpc) is 2.60. The molecule has 0 aromatic carbocycles. The minimum atomic E-state index is -0.738. The number of hydrogen-bond acceptors (Lipinski definition) is 3. The van der Waals surface area contributed by atoms with Gasteiger partial charge in [0.05, 0.1) is 6.54 Å². The maximum atomic E-state index is 11.8. The fourth-order valence-electron chi connectivity index (χ4n) is 1.57. The number of Topliss-reactive ketones (excluding diaryl/α,β-unsaturated/α-hetero) is 1. The Balaban J connectivity index is 2.44. The number of carbonyl (C=O) groups is 2. The summed E-state index contributed by atoms with van der Waals surface area (Å²) in [6, 6.07) is 0. The summed E-state index contributed by atoms with van der Waals surface area (Å²) in [4.78, 5) is 23.4. The van der Waals surface area contributed by atoms with Crippen molar-refractivity contribution < 1.29 is 14.3 Å². The predicted octanol–water partition coefficient (Wildman–Crippen LogP) is 1.29. The minimum Gasteiger partial charge on any atom is -0.365 e. The third-order valence-corrected chi connectivity index (χ3v) is 2.95. The van der Waals surface area contributed by atoms with Crippen LogP contribution in [0.3, 0.4) is 0 Å². The van der Waals surface area contributed by atoms with Crippen LogP contribution in [0.2, 0.25) is 0 Å². The van der Waals surface area contributed by atoms with Gasteiger partial charge in [0.2, 0.25) is 0 Å². The van der Waals surface area contributed by atoms with Gasteiger partial charge in [-0.3, -0.25) is 9.59 Å². The maximum absolute atomic E-state index is 11.8. The summed E-state index contributed by atoms with van der Waals surface area (Å²) < 4.78 is 5.40. The number of nitrogens with one attached hydrogen (secondary N) is 1. The first-order chi connectivity index (χ1) is 7.26. The lowest BCUT2D eigenvalue weighted by Crippen LogP contribution is -2.47.